The molecule has 2 nitrogen and oxygen atoms in total. The molecule has 0 bridgehead atoms. The molecule has 2 rings (SSSR count). The molecule has 22 heavy (non-hydrogen) atoms. The molecule has 5 heteroatoms. The average Bonchev–Trinajstić information content (AvgIpc) is 2.49. The van der Waals surface area contributed by atoms with Crippen LogP contribution in [0.5, 0.6) is 0 Å². The lowest BCUT2D eigenvalue weighted by Gasteiger charge is -2.16. The Bertz CT molecular complexity index is 660. The Morgan fingerprint density at radius 1 is 1.27 bits per heavy atom. The van der Waals surface area contributed by atoms with Gasteiger partial charge in [-0.05, 0) is 84.0 Å². The van der Waals surface area contributed by atoms with Gasteiger partial charge in [0, 0.05) is 19.2 Å². The number of aryl methyl sites for hydroxylation is 1. The number of halogens is 2. The van der Waals surface area contributed by atoms with Crippen LogP contribution in [0.2, 0.25) is 5.02 Å². The van der Waals surface area contributed by atoms with Crippen LogP contribution in [0.4, 0.5) is 5.69 Å². The summed E-state index contributed by atoms with van der Waals surface area (Å²) in [6.45, 7) is 4.03. The van der Waals surface area contributed by atoms with E-state index in [-0.39, 0.29) is 11.2 Å². The van der Waals surface area contributed by atoms with E-state index in [0.717, 1.165) is 26.1 Å². The second kappa shape index (κ2) is 8.22. The summed E-state index contributed by atoms with van der Waals surface area (Å²) in [5.41, 5.74) is 1.95. The molecule has 0 fully saturated rings. The largest absolute Gasteiger partial charge is 0.325 e. The first-order chi connectivity index (χ1) is 10.5. The van der Waals surface area contributed by atoms with Crippen molar-refractivity contribution in [2.45, 2.75) is 30.4 Å². The Morgan fingerprint density at radius 2 is 1.95 bits per heavy atom. The SMILES string of the molecule is CCC(Sc1ccc(Cl)cc1)C(=O)Nc1ccc(I)cc1C. The number of hydrogen-bond acceptors (Lipinski definition) is 2. The van der Waals surface area contributed by atoms with Gasteiger partial charge in [-0.15, -0.1) is 11.8 Å². The van der Waals surface area contributed by atoms with Gasteiger partial charge in [-0.2, -0.15) is 0 Å². The summed E-state index contributed by atoms with van der Waals surface area (Å²) in [5, 5.41) is 3.61. The number of hydrogen-bond donors (Lipinski definition) is 1. The highest BCUT2D eigenvalue weighted by molar-refractivity contribution is 14.1. The number of thioether (sulfide) groups is 1. The number of benzene rings is 2. The van der Waals surface area contributed by atoms with Gasteiger partial charge in [0.15, 0.2) is 0 Å². The number of anilines is 1. The van der Waals surface area contributed by atoms with Crippen LogP contribution in [-0.4, -0.2) is 11.2 Å². The zero-order valence-corrected chi connectivity index (χ0v) is 16.1. The highest BCUT2D eigenvalue weighted by Gasteiger charge is 2.18. The molecular weight excluding hydrogens is 429 g/mol. The van der Waals surface area contributed by atoms with Crippen molar-refractivity contribution in [1.29, 1.82) is 0 Å². The second-order valence-corrected chi connectivity index (χ2v) is 7.88. The molecule has 0 aliphatic heterocycles. The van der Waals surface area contributed by atoms with Gasteiger partial charge in [-0.3, -0.25) is 4.79 Å². The molecule has 0 spiro atoms. The van der Waals surface area contributed by atoms with Crippen LogP contribution >= 0.6 is 46.0 Å². The molecule has 116 valence electrons. The summed E-state index contributed by atoms with van der Waals surface area (Å²) in [7, 11) is 0. The molecule has 1 N–H and O–H groups in total. The van der Waals surface area contributed by atoms with E-state index in [1.54, 1.807) is 11.8 Å². The lowest BCUT2D eigenvalue weighted by atomic mass is 10.2. The molecule has 0 heterocycles. The Labute approximate surface area is 154 Å². The van der Waals surface area contributed by atoms with Gasteiger partial charge in [0.05, 0.1) is 5.25 Å². The molecule has 0 saturated carbocycles. The molecule has 0 aromatic heterocycles. The van der Waals surface area contributed by atoms with Gasteiger partial charge in [0.25, 0.3) is 0 Å². The number of carbonyl (C=O) groups excluding carboxylic acids is 1. The molecule has 2 aromatic carbocycles. The van der Waals surface area contributed by atoms with Crippen molar-refractivity contribution in [3.63, 3.8) is 0 Å². The fourth-order valence-electron chi connectivity index (χ4n) is 1.98. The third-order valence-electron chi connectivity index (χ3n) is 3.20. The predicted octanol–water partition coefficient (Wildman–Crippen LogP) is 5.76. The lowest BCUT2D eigenvalue weighted by molar-refractivity contribution is -0.115. The van der Waals surface area contributed by atoms with Crippen LogP contribution in [0, 0.1) is 10.5 Å². The number of nitrogens with one attached hydrogen (secondary N) is 1. The monoisotopic (exact) mass is 445 g/mol. The maximum atomic E-state index is 12.5. The average molecular weight is 446 g/mol. The third kappa shape index (κ3) is 4.89. The summed E-state index contributed by atoms with van der Waals surface area (Å²) in [5.74, 6) is 0.0340. The van der Waals surface area contributed by atoms with Crippen LogP contribution in [-0.2, 0) is 4.79 Å². The van der Waals surface area contributed by atoms with Gasteiger partial charge in [0.2, 0.25) is 5.91 Å². The van der Waals surface area contributed by atoms with Crippen molar-refractivity contribution >= 4 is 57.5 Å². The van der Waals surface area contributed by atoms with Gasteiger partial charge < -0.3 is 5.32 Å². The summed E-state index contributed by atoms with van der Waals surface area (Å²) in [6.07, 6.45) is 0.766. The zero-order valence-electron chi connectivity index (χ0n) is 12.4. The molecule has 0 saturated heterocycles. The summed E-state index contributed by atoms with van der Waals surface area (Å²) < 4.78 is 1.16. The van der Waals surface area contributed by atoms with Crippen molar-refractivity contribution in [3.8, 4) is 0 Å². The van der Waals surface area contributed by atoms with E-state index in [1.807, 2.05) is 50.2 Å². The number of rotatable bonds is 5. The summed E-state index contributed by atoms with van der Waals surface area (Å²) >= 11 is 9.72. The van der Waals surface area contributed by atoms with E-state index >= 15 is 0 Å². The standard InChI is InChI=1S/C17H17ClINOS/c1-3-16(22-14-7-4-12(18)5-8-14)17(21)20-15-9-6-13(19)10-11(15)2/h4-10,16H,3H2,1-2H3,(H,20,21). The van der Waals surface area contributed by atoms with Crippen molar-refractivity contribution in [2.75, 3.05) is 5.32 Å². The van der Waals surface area contributed by atoms with Crippen LogP contribution < -0.4 is 5.32 Å². The highest BCUT2D eigenvalue weighted by atomic mass is 127. The maximum absolute atomic E-state index is 12.5. The Kier molecular flexibility index (Phi) is 6.59. The molecule has 0 radical (unpaired) electrons. The van der Waals surface area contributed by atoms with Gasteiger partial charge in [-0.25, -0.2) is 0 Å². The van der Waals surface area contributed by atoms with Crippen molar-refractivity contribution in [3.05, 3.63) is 56.6 Å². The van der Waals surface area contributed by atoms with Crippen molar-refractivity contribution in [1.82, 2.24) is 0 Å². The molecule has 0 aliphatic rings. The zero-order chi connectivity index (χ0) is 16.1. The molecule has 2 aromatic rings. The predicted molar refractivity (Wildman–Crippen MR) is 104 cm³/mol. The summed E-state index contributed by atoms with van der Waals surface area (Å²) in [6, 6.07) is 13.6. The van der Waals surface area contributed by atoms with Gasteiger partial charge >= 0.3 is 0 Å². The minimum absolute atomic E-state index is 0.0340. The molecular formula is C17H17ClINOS. The van der Waals surface area contributed by atoms with Gasteiger partial charge in [-0.1, -0.05) is 18.5 Å². The molecule has 1 unspecified atom stereocenters. The molecule has 1 atom stereocenters. The summed E-state index contributed by atoms with van der Waals surface area (Å²) in [4.78, 5) is 13.5. The second-order valence-electron chi connectivity index (χ2n) is 4.92. The fraction of sp³-hybridized carbons (Fsp3) is 0.235. The Balaban J connectivity index is 2.06. The van der Waals surface area contributed by atoms with E-state index < -0.39 is 0 Å². The maximum Gasteiger partial charge on any atom is 0.237 e. The van der Waals surface area contributed by atoms with Crippen LogP contribution in [0.1, 0.15) is 18.9 Å². The smallest absolute Gasteiger partial charge is 0.237 e. The Morgan fingerprint density at radius 3 is 2.55 bits per heavy atom. The fourth-order valence-corrected chi connectivity index (χ4v) is 3.71. The van der Waals surface area contributed by atoms with Crippen molar-refractivity contribution in [2.24, 2.45) is 0 Å². The van der Waals surface area contributed by atoms with E-state index in [2.05, 4.69) is 34.0 Å². The van der Waals surface area contributed by atoms with E-state index in [0.29, 0.717) is 5.02 Å². The van der Waals surface area contributed by atoms with E-state index in [4.69, 9.17) is 11.6 Å². The molecule has 0 aliphatic carbocycles. The van der Waals surface area contributed by atoms with E-state index in [9.17, 15) is 4.79 Å². The highest BCUT2D eigenvalue weighted by Crippen LogP contribution is 2.28. The Hall–Kier alpha value is -0.720. The van der Waals surface area contributed by atoms with E-state index in [1.165, 1.54) is 0 Å². The number of amides is 1. The minimum Gasteiger partial charge on any atom is -0.325 e. The number of carbonyl (C=O) groups is 1. The van der Waals surface area contributed by atoms with Crippen LogP contribution in [0.25, 0.3) is 0 Å². The quantitative estimate of drug-likeness (QED) is 0.468. The minimum atomic E-state index is -0.125. The first-order valence-corrected chi connectivity index (χ1v) is 9.32. The lowest BCUT2D eigenvalue weighted by Crippen LogP contribution is -2.24. The molecule has 1 amide bonds. The topological polar surface area (TPSA) is 29.1 Å². The van der Waals surface area contributed by atoms with Gasteiger partial charge in [0.1, 0.15) is 0 Å². The van der Waals surface area contributed by atoms with Crippen LogP contribution in [0.15, 0.2) is 47.4 Å². The normalized spacial score (nSPS) is 12.0. The first kappa shape index (κ1) is 17.6. The van der Waals surface area contributed by atoms with Crippen LogP contribution in [0.3, 0.4) is 0 Å². The first-order valence-electron chi connectivity index (χ1n) is 6.99. The van der Waals surface area contributed by atoms with Crippen molar-refractivity contribution < 1.29 is 4.79 Å². The third-order valence-corrected chi connectivity index (χ3v) is 5.50.